The van der Waals surface area contributed by atoms with Gasteiger partial charge in [0, 0.05) is 18.3 Å². The van der Waals surface area contributed by atoms with Crippen LogP contribution in [0.2, 0.25) is 0 Å². The van der Waals surface area contributed by atoms with Crippen molar-refractivity contribution in [3.05, 3.63) is 54.0 Å². The molecule has 2 aromatic heterocycles. The number of para-hydroxylation sites is 1. The van der Waals surface area contributed by atoms with E-state index >= 15 is 0 Å². The topological polar surface area (TPSA) is 85.1 Å². The molecule has 0 bridgehead atoms. The molecule has 3 rings (SSSR count). The van der Waals surface area contributed by atoms with Gasteiger partial charge in [0.1, 0.15) is 0 Å². The van der Waals surface area contributed by atoms with E-state index in [1.807, 2.05) is 53.9 Å². The van der Waals surface area contributed by atoms with Crippen molar-refractivity contribution in [1.29, 1.82) is 0 Å². The predicted molar refractivity (Wildman–Crippen MR) is 120 cm³/mol. The number of hydrogen-bond acceptors (Lipinski definition) is 5. The van der Waals surface area contributed by atoms with Crippen LogP contribution in [0.3, 0.4) is 0 Å². The Bertz CT molecular complexity index is 928. The fourth-order valence-corrected chi connectivity index (χ4v) is 2.76. The number of guanidine groups is 1. The van der Waals surface area contributed by atoms with E-state index in [1.165, 1.54) is 0 Å². The summed E-state index contributed by atoms with van der Waals surface area (Å²) in [5, 5.41) is 14.9. The average molecular weight is 496 g/mol. The molecule has 0 atom stereocenters. The molecule has 2 N–H and O–H groups in total. The van der Waals surface area contributed by atoms with Gasteiger partial charge in [-0.2, -0.15) is 0 Å². The minimum absolute atomic E-state index is 0. The number of hydrogen-bond donors (Lipinski definition) is 2. The van der Waals surface area contributed by atoms with E-state index in [9.17, 15) is 0 Å². The molecule has 0 unspecified atom stereocenters. The first-order chi connectivity index (χ1) is 13.3. The zero-order valence-corrected chi connectivity index (χ0v) is 18.5. The summed E-state index contributed by atoms with van der Waals surface area (Å²) in [4.78, 5) is 4.65. The van der Waals surface area contributed by atoms with Crippen LogP contribution in [0.25, 0.3) is 5.65 Å². The average Bonchev–Trinajstić information content (AvgIpc) is 3.12. The Kier molecular flexibility index (Phi) is 8.30. The summed E-state index contributed by atoms with van der Waals surface area (Å²) in [5.41, 5.74) is 1.76. The van der Waals surface area contributed by atoms with E-state index in [1.54, 1.807) is 14.2 Å². The van der Waals surface area contributed by atoms with Gasteiger partial charge in [-0.05, 0) is 25.1 Å². The minimum Gasteiger partial charge on any atom is -0.493 e. The maximum Gasteiger partial charge on any atom is 0.191 e. The van der Waals surface area contributed by atoms with Gasteiger partial charge in [-0.15, -0.1) is 34.2 Å². The Labute approximate surface area is 181 Å². The van der Waals surface area contributed by atoms with E-state index in [4.69, 9.17) is 9.47 Å². The monoisotopic (exact) mass is 496 g/mol. The Morgan fingerprint density at radius 2 is 1.93 bits per heavy atom. The third-order valence-electron chi connectivity index (χ3n) is 4.03. The van der Waals surface area contributed by atoms with Gasteiger partial charge < -0.3 is 20.1 Å². The van der Waals surface area contributed by atoms with Crippen molar-refractivity contribution in [3.8, 4) is 11.5 Å². The Hall–Kier alpha value is -2.56. The molecule has 2 heterocycles. The second kappa shape index (κ2) is 10.7. The highest BCUT2D eigenvalue weighted by atomic mass is 127. The first kappa shape index (κ1) is 21.7. The fourth-order valence-electron chi connectivity index (χ4n) is 2.76. The molecule has 0 amide bonds. The lowest BCUT2D eigenvalue weighted by atomic mass is 10.2. The lowest BCUT2D eigenvalue weighted by Gasteiger charge is -2.13. The number of pyridine rings is 1. The number of fused-ring (bicyclic) bond motifs is 1. The third-order valence-corrected chi connectivity index (χ3v) is 4.03. The van der Waals surface area contributed by atoms with Crippen LogP contribution in [-0.4, -0.2) is 41.3 Å². The van der Waals surface area contributed by atoms with Gasteiger partial charge in [0.05, 0.1) is 27.3 Å². The number of aromatic nitrogens is 3. The summed E-state index contributed by atoms with van der Waals surface area (Å²) >= 11 is 0. The van der Waals surface area contributed by atoms with Gasteiger partial charge in [-0.25, -0.2) is 4.99 Å². The number of ether oxygens (including phenoxy) is 2. The number of nitrogens with zero attached hydrogens (tertiary/aromatic N) is 4. The van der Waals surface area contributed by atoms with E-state index in [0.717, 1.165) is 23.6 Å². The highest BCUT2D eigenvalue weighted by molar-refractivity contribution is 14.0. The molecule has 0 aliphatic carbocycles. The number of benzene rings is 1. The standard InChI is InChI=1S/C19H24N6O2.HI/c1-4-20-19(21-12-14-8-7-9-15(26-2)18(14)27-3)22-13-17-24-23-16-10-5-6-11-25(16)17;/h5-11H,4,12-13H2,1-3H3,(H2,20,21,22);1H. The van der Waals surface area contributed by atoms with Crippen LogP contribution in [0, 0.1) is 0 Å². The van der Waals surface area contributed by atoms with Gasteiger partial charge in [0.25, 0.3) is 0 Å². The van der Waals surface area contributed by atoms with Crippen LogP contribution >= 0.6 is 24.0 Å². The van der Waals surface area contributed by atoms with Crippen molar-refractivity contribution in [2.75, 3.05) is 20.8 Å². The minimum atomic E-state index is 0. The van der Waals surface area contributed by atoms with Crippen molar-refractivity contribution in [3.63, 3.8) is 0 Å². The molecule has 0 aliphatic heterocycles. The maximum absolute atomic E-state index is 5.47. The highest BCUT2D eigenvalue weighted by Crippen LogP contribution is 2.31. The summed E-state index contributed by atoms with van der Waals surface area (Å²) in [7, 11) is 3.25. The largest absolute Gasteiger partial charge is 0.493 e. The molecule has 0 spiro atoms. The molecule has 28 heavy (non-hydrogen) atoms. The first-order valence-corrected chi connectivity index (χ1v) is 8.77. The number of nitrogens with one attached hydrogen (secondary N) is 2. The molecular formula is C19H25IN6O2. The van der Waals surface area contributed by atoms with Crippen LogP contribution in [0.4, 0.5) is 0 Å². The quantitative estimate of drug-likeness (QED) is 0.297. The van der Waals surface area contributed by atoms with Crippen LogP contribution in [0.1, 0.15) is 18.3 Å². The van der Waals surface area contributed by atoms with Crippen molar-refractivity contribution in [2.24, 2.45) is 4.99 Å². The molecule has 0 saturated carbocycles. The van der Waals surface area contributed by atoms with Gasteiger partial charge in [0.2, 0.25) is 0 Å². The highest BCUT2D eigenvalue weighted by Gasteiger charge is 2.10. The van der Waals surface area contributed by atoms with Gasteiger partial charge in [-0.1, -0.05) is 18.2 Å². The predicted octanol–water partition coefficient (Wildman–Crippen LogP) is 2.62. The van der Waals surface area contributed by atoms with Crippen LogP contribution in [0.15, 0.2) is 47.6 Å². The molecule has 0 radical (unpaired) electrons. The van der Waals surface area contributed by atoms with Crippen LogP contribution in [0.5, 0.6) is 11.5 Å². The summed E-state index contributed by atoms with van der Waals surface area (Å²) in [6, 6.07) is 11.6. The van der Waals surface area contributed by atoms with Crippen molar-refractivity contribution >= 4 is 35.6 Å². The van der Waals surface area contributed by atoms with Crippen molar-refractivity contribution < 1.29 is 9.47 Å². The molecule has 0 saturated heterocycles. The van der Waals surface area contributed by atoms with Gasteiger partial charge >= 0.3 is 0 Å². The van der Waals surface area contributed by atoms with Crippen molar-refractivity contribution in [1.82, 2.24) is 25.2 Å². The van der Waals surface area contributed by atoms with E-state index in [-0.39, 0.29) is 24.0 Å². The molecule has 1 aromatic carbocycles. The normalized spacial score (nSPS) is 11.0. The summed E-state index contributed by atoms with van der Waals surface area (Å²) in [6.07, 6.45) is 1.94. The maximum atomic E-state index is 5.47. The zero-order valence-electron chi connectivity index (χ0n) is 16.2. The SMILES string of the molecule is CCNC(=NCc1cccc(OC)c1OC)NCc1nnc2ccccn12.I. The number of rotatable bonds is 7. The second-order valence-corrected chi connectivity index (χ2v) is 5.75. The zero-order chi connectivity index (χ0) is 19.1. The van der Waals surface area contributed by atoms with Crippen molar-refractivity contribution in [2.45, 2.75) is 20.0 Å². The fraction of sp³-hybridized carbons (Fsp3) is 0.316. The molecule has 3 aromatic rings. The van der Waals surface area contributed by atoms with E-state index in [2.05, 4.69) is 25.8 Å². The Morgan fingerprint density at radius 3 is 2.68 bits per heavy atom. The molecule has 150 valence electrons. The van der Waals surface area contributed by atoms with E-state index < -0.39 is 0 Å². The van der Waals surface area contributed by atoms with E-state index in [0.29, 0.717) is 30.5 Å². The van der Waals surface area contributed by atoms with Gasteiger partial charge in [-0.3, -0.25) is 4.40 Å². The molecule has 0 fully saturated rings. The lowest BCUT2D eigenvalue weighted by Crippen LogP contribution is -2.37. The smallest absolute Gasteiger partial charge is 0.191 e. The summed E-state index contributed by atoms with van der Waals surface area (Å²) in [6.45, 7) is 3.74. The second-order valence-electron chi connectivity index (χ2n) is 5.75. The van der Waals surface area contributed by atoms with Crippen LogP contribution in [-0.2, 0) is 13.1 Å². The molecule has 8 nitrogen and oxygen atoms in total. The number of methoxy groups -OCH3 is 2. The molecule has 9 heteroatoms. The lowest BCUT2D eigenvalue weighted by molar-refractivity contribution is 0.352. The Balaban J connectivity index is 0.00000280. The number of halogens is 1. The summed E-state index contributed by atoms with van der Waals surface area (Å²) in [5.74, 6) is 2.89. The molecular weight excluding hydrogens is 471 g/mol. The van der Waals surface area contributed by atoms with Gasteiger partial charge in [0.15, 0.2) is 28.9 Å². The molecule has 0 aliphatic rings. The summed E-state index contributed by atoms with van der Waals surface area (Å²) < 4.78 is 12.8. The Morgan fingerprint density at radius 1 is 1.07 bits per heavy atom. The number of aliphatic imine (C=N–C) groups is 1. The first-order valence-electron chi connectivity index (χ1n) is 8.77. The third kappa shape index (κ3) is 5.03. The van der Waals surface area contributed by atoms with Crippen LogP contribution < -0.4 is 20.1 Å².